The molecule has 5 heteroatoms. The molecule has 0 saturated carbocycles. The Morgan fingerprint density at radius 1 is 1.40 bits per heavy atom. The van der Waals surface area contributed by atoms with Crippen molar-refractivity contribution < 1.29 is 8.78 Å². The zero-order valence-corrected chi connectivity index (χ0v) is 12.2. The van der Waals surface area contributed by atoms with Crippen LogP contribution < -0.4 is 5.32 Å². The Balaban J connectivity index is 2.00. The summed E-state index contributed by atoms with van der Waals surface area (Å²) in [6.45, 7) is 6.50. The SMILES string of the molecule is CN=C(NCc1cc(F)ccc1F)N1CCC(C)(C)C1. The van der Waals surface area contributed by atoms with E-state index in [2.05, 4.69) is 29.1 Å². The molecule has 20 heavy (non-hydrogen) atoms. The third kappa shape index (κ3) is 3.46. The lowest BCUT2D eigenvalue weighted by molar-refractivity contribution is 0.370. The number of hydrogen-bond donors (Lipinski definition) is 1. The summed E-state index contributed by atoms with van der Waals surface area (Å²) in [5.74, 6) is -0.101. The van der Waals surface area contributed by atoms with Gasteiger partial charge in [0.1, 0.15) is 11.6 Å². The van der Waals surface area contributed by atoms with Crippen molar-refractivity contribution in [3.05, 3.63) is 35.4 Å². The van der Waals surface area contributed by atoms with Crippen LogP contribution in [0.2, 0.25) is 0 Å². The Morgan fingerprint density at radius 3 is 2.75 bits per heavy atom. The number of aliphatic imine (C=N–C) groups is 1. The lowest BCUT2D eigenvalue weighted by atomic mass is 9.93. The van der Waals surface area contributed by atoms with Gasteiger partial charge < -0.3 is 10.2 Å². The van der Waals surface area contributed by atoms with Gasteiger partial charge in [0.05, 0.1) is 0 Å². The minimum absolute atomic E-state index is 0.229. The molecule has 1 N–H and O–H groups in total. The van der Waals surface area contributed by atoms with Crippen LogP contribution in [-0.2, 0) is 6.54 Å². The molecule has 1 aliphatic heterocycles. The van der Waals surface area contributed by atoms with Crippen molar-refractivity contribution in [2.45, 2.75) is 26.8 Å². The second-order valence-corrected chi connectivity index (χ2v) is 5.97. The maximum Gasteiger partial charge on any atom is 0.193 e. The molecule has 0 amide bonds. The number of rotatable bonds is 2. The quantitative estimate of drug-likeness (QED) is 0.667. The van der Waals surface area contributed by atoms with Gasteiger partial charge in [0.15, 0.2) is 5.96 Å². The summed E-state index contributed by atoms with van der Waals surface area (Å²) >= 11 is 0. The van der Waals surface area contributed by atoms with Gasteiger partial charge >= 0.3 is 0 Å². The fourth-order valence-corrected chi connectivity index (χ4v) is 2.48. The molecular formula is C15H21F2N3. The number of nitrogens with zero attached hydrogens (tertiary/aromatic N) is 2. The van der Waals surface area contributed by atoms with Gasteiger partial charge in [0.25, 0.3) is 0 Å². The van der Waals surface area contributed by atoms with Crippen molar-refractivity contribution in [3.63, 3.8) is 0 Å². The Bertz CT molecular complexity index is 512. The highest BCUT2D eigenvalue weighted by Gasteiger charge is 2.30. The highest BCUT2D eigenvalue weighted by atomic mass is 19.1. The largest absolute Gasteiger partial charge is 0.352 e. The van der Waals surface area contributed by atoms with Crippen molar-refractivity contribution in [1.29, 1.82) is 0 Å². The molecule has 1 aliphatic rings. The van der Waals surface area contributed by atoms with E-state index in [1.165, 1.54) is 6.07 Å². The van der Waals surface area contributed by atoms with Gasteiger partial charge in [-0.1, -0.05) is 13.8 Å². The molecule has 1 aromatic carbocycles. The zero-order valence-electron chi connectivity index (χ0n) is 12.2. The number of benzene rings is 1. The van der Waals surface area contributed by atoms with Crippen LogP contribution in [0, 0.1) is 17.0 Å². The molecule has 0 unspecified atom stereocenters. The predicted octanol–water partition coefficient (Wildman–Crippen LogP) is 2.77. The second kappa shape index (κ2) is 5.77. The lowest BCUT2D eigenvalue weighted by Gasteiger charge is -2.23. The van der Waals surface area contributed by atoms with E-state index in [9.17, 15) is 8.78 Å². The standard InChI is InChI=1S/C15H21F2N3/c1-15(2)6-7-20(10-15)14(18-3)19-9-11-8-12(16)4-5-13(11)17/h4-5,8H,6-7,9-10H2,1-3H3,(H,18,19). The van der Waals surface area contributed by atoms with Gasteiger partial charge in [0.2, 0.25) is 0 Å². The lowest BCUT2D eigenvalue weighted by Crippen LogP contribution is -2.40. The molecule has 0 spiro atoms. The number of nitrogens with one attached hydrogen (secondary N) is 1. The van der Waals surface area contributed by atoms with E-state index in [-0.39, 0.29) is 12.0 Å². The molecular weight excluding hydrogens is 260 g/mol. The van der Waals surface area contributed by atoms with E-state index in [0.29, 0.717) is 5.56 Å². The minimum atomic E-state index is -0.430. The van der Waals surface area contributed by atoms with Crippen LogP contribution in [0.4, 0.5) is 8.78 Å². The highest BCUT2D eigenvalue weighted by molar-refractivity contribution is 5.80. The molecule has 0 radical (unpaired) electrons. The Morgan fingerprint density at radius 2 is 2.15 bits per heavy atom. The number of likely N-dealkylation sites (tertiary alicyclic amines) is 1. The van der Waals surface area contributed by atoms with E-state index in [1.807, 2.05) is 0 Å². The first-order valence-electron chi connectivity index (χ1n) is 6.81. The molecule has 0 aromatic heterocycles. The van der Waals surface area contributed by atoms with Gasteiger partial charge in [-0.25, -0.2) is 8.78 Å². The van der Waals surface area contributed by atoms with Crippen LogP contribution in [0.25, 0.3) is 0 Å². The second-order valence-electron chi connectivity index (χ2n) is 5.97. The van der Waals surface area contributed by atoms with Crippen molar-refractivity contribution >= 4 is 5.96 Å². The summed E-state index contributed by atoms with van der Waals surface area (Å²) in [5, 5.41) is 3.10. The molecule has 3 nitrogen and oxygen atoms in total. The fourth-order valence-electron chi connectivity index (χ4n) is 2.48. The average Bonchev–Trinajstić information content (AvgIpc) is 2.74. The highest BCUT2D eigenvalue weighted by Crippen LogP contribution is 2.28. The molecule has 0 atom stereocenters. The molecule has 2 rings (SSSR count). The first kappa shape index (κ1) is 14.8. The summed E-state index contributed by atoms with van der Waals surface area (Å²) in [6.07, 6.45) is 1.10. The van der Waals surface area contributed by atoms with Crippen molar-refractivity contribution in [3.8, 4) is 0 Å². The third-order valence-corrected chi connectivity index (χ3v) is 3.63. The van der Waals surface area contributed by atoms with Crippen LogP contribution >= 0.6 is 0 Å². The van der Waals surface area contributed by atoms with Crippen LogP contribution in [-0.4, -0.2) is 31.0 Å². The van der Waals surface area contributed by atoms with Crippen LogP contribution in [0.15, 0.2) is 23.2 Å². The molecule has 1 heterocycles. The van der Waals surface area contributed by atoms with Crippen LogP contribution in [0.3, 0.4) is 0 Å². The number of guanidine groups is 1. The first-order valence-corrected chi connectivity index (χ1v) is 6.81. The molecule has 0 bridgehead atoms. The van der Waals surface area contributed by atoms with E-state index < -0.39 is 11.6 Å². The summed E-state index contributed by atoms with van der Waals surface area (Å²) < 4.78 is 26.7. The van der Waals surface area contributed by atoms with Gasteiger partial charge in [-0.2, -0.15) is 0 Å². The molecule has 110 valence electrons. The topological polar surface area (TPSA) is 27.6 Å². The van der Waals surface area contributed by atoms with E-state index in [1.54, 1.807) is 7.05 Å². The van der Waals surface area contributed by atoms with E-state index in [0.717, 1.165) is 37.6 Å². The normalized spacial score (nSPS) is 18.4. The smallest absolute Gasteiger partial charge is 0.193 e. The number of hydrogen-bond acceptors (Lipinski definition) is 1. The van der Waals surface area contributed by atoms with Gasteiger partial charge in [-0.3, -0.25) is 4.99 Å². The van der Waals surface area contributed by atoms with Gasteiger partial charge in [-0.05, 0) is 30.0 Å². The van der Waals surface area contributed by atoms with E-state index in [4.69, 9.17) is 0 Å². The zero-order chi connectivity index (χ0) is 14.8. The molecule has 1 fully saturated rings. The summed E-state index contributed by atoms with van der Waals surface area (Å²) in [5.41, 5.74) is 0.575. The third-order valence-electron chi connectivity index (χ3n) is 3.63. The van der Waals surface area contributed by atoms with Crippen LogP contribution in [0.1, 0.15) is 25.8 Å². The fraction of sp³-hybridized carbons (Fsp3) is 0.533. The molecule has 0 aliphatic carbocycles. The maximum absolute atomic E-state index is 13.6. The first-order chi connectivity index (χ1) is 9.41. The van der Waals surface area contributed by atoms with E-state index >= 15 is 0 Å². The van der Waals surface area contributed by atoms with Crippen LogP contribution in [0.5, 0.6) is 0 Å². The summed E-state index contributed by atoms with van der Waals surface area (Å²) in [6, 6.07) is 3.48. The molecule has 1 aromatic rings. The Kier molecular flexibility index (Phi) is 4.26. The summed E-state index contributed by atoms with van der Waals surface area (Å²) in [4.78, 5) is 6.37. The Labute approximate surface area is 118 Å². The minimum Gasteiger partial charge on any atom is -0.352 e. The van der Waals surface area contributed by atoms with Gasteiger partial charge in [-0.15, -0.1) is 0 Å². The average molecular weight is 281 g/mol. The predicted molar refractivity (Wildman–Crippen MR) is 76.5 cm³/mol. The maximum atomic E-state index is 13.6. The van der Waals surface area contributed by atoms with Crippen molar-refractivity contribution in [2.24, 2.45) is 10.4 Å². The van der Waals surface area contributed by atoms with Gasteiger partial charge in [0, 0.05) is 32.2 Å². The van der Waals surface area contributed by atoms with Crippen molar-refractivity contribution in [1.82, 2.24) is 10.2 Å². The van der Waals surface area contributed by atoms with Crippen molar-refractivity contribution in [2.75, 3.05) is 20.1 Å². The number of halogens is 2. The summed E-state index contributed by atoms with van der Waals surface area (Å²) in [7, 11) is 1.70. The molecule has 1 saturated heterocycles. The Hall–Kier alpha value is -1.65. The monoisotopic (exact) mass is 281 g/mol.